The van der Waals surface area contributed by atoms with Gasteiger partial charge in [-0.15, -0.1) is 0 Å². The lowest BCUT2D eigenvalue weighted by molar-refractivity contribution is 0.0779. The van der Waals surface area contributed by atoms with E-state index in [1.807, 2.05) is 50.2 Å². The van der Waals surface area contributed by atoms with Crippen molar-refractivity contribution < 1.29 is 4.79 Å². The number of nitrogen functional groups attached to an aromatic ring is 1. The van der Waals surface area contributed by atoms with E-state index in [-0.39, 0.29) is 5.91 Å². The van der Waals surface area contributed by atoms with Gasteiger partial charge in [-0.25, -0.2) is 0 Å². The molecule has 2 aromatic rings. The number of fused-ring (bicyclic) bond motifs is 1. The maximum absolute atomic E-state index is 12.6. The number of hydrogen-bond donors (Lipinski definition) is 1. The highest BCUT2D eigenvalue weighted by atomic mass is 16.2. The molecule has 0 unspecified atom stereocenters. The smallest absolute Gasteiger partial charge is 0.256 e. The van der Waals surface area contributed by atoms with Gasteiger partial charge in [-0.2, -0.15) is 0 Å². The van der Waals surface area contributed by atoms with Crippen molar-refractivity contribution in [3.8, 4) is 0 Å². The molecule has 0 aliphatic carbocycles. The van der Waals surface area contributed by atoms with E-state index in [4.69, 9.17) is 5.73 Å². The summed E-state index contributed by atoms with van der Waals surface area (Å²) in [5, 5.41) is 2.07. The van der Waals surface area contributed by atoms with Gasteiger partial charge in [-0.05, 0) is 36.8 Å². The average molecular weight is 268 g/mol. The van der Waals surface area contributed by atoms with Gasteiger partial charge in [0.05, 0.1) is 5.56 Å². The fourth-order valence-corrected chi connectivity index (χ4v) is 2.27. The first kappa shape index (κ1) is 14.1. The number of benzene rings is 2. The molecule has 0 fully saturated rings. The van der Waals surface area contributed by atoms with Crippen molar-refractivity contribution in [3.63, 3.8) is 0 Å². The summed E-state index contributed by atoms with van der Waals surface area (Å²) in [6.07, 6.45) is 0. The SMILES string of the molecule is C=C(C)CN(CC)C(=O)c1cc2ccccc2cc1N. The van der Waals surface area contributed by atoms with Crippen molar-refractivity contribution in [1.82, 2.24) is 4.90 Å². The average Bonchev–Trinajstić information content (AvgIpc) is 2.43. The minimum atomic E-state index is -0.0428. The van der Waals surface area contributed by atoms with Gasteiger partial charge in [0, 0.05) is 18.8 Å². The molecule has 0 aromatic heterocycles. The lowest BCUT2D eigenvalue weighted by Gasteiger charge is -2.22. The van der Waals surface area contributed by atoms with E-state index in [9.17, 15) is 4.79 Å². The molecular weight excluding hydrogens is 248 g/mol. The number of carbonyl (C=O) groups excluding carboxylic acids is 1. The summed E-state index contributed by atoms with van der Waals surface area (Å²) < 4.78 is 0. The Labute approximate surface area is 119 Å². The normalized spacial score (nSPS) is 10.5. The lowest BCUT2D eigenvalue weighted by atomic mass is 10.0. The summed E-state index contributed by atoms with van der Waals surface area (Å²) in [5.41, 5.74) is 8.08. The molecule has 2 aromatic carbocycles. The Hall–Kier alpha value is -2.29. The molecule has 0 aliphatic rings. The van der Waals surface area contributed by atoms with E-state index in [0.717, 1.165) is 16.3 Å². The second-order valence-corrected chi connectivity index (χ2v) is 5.06. The first-order valence-corrected chi connectivity index (χ1v) is 6.75. The first-order valence-electron chi connectivity index (χ1n) is 6.75. The highest BCUT2D eigenvalue weighted by Crippen LogP contribution is 2.23. The van der Waals surface area contributed by atoms with Gasteiger partial charge in [-0.1, -0.05) is 36.4 Å². The minimum Gasteiger partial charge on any atom is -0.398 e. The maximum Gasteiger partial charge on any atom is 0.256 e. The molecule has 104 valence electrons. The van der Waals surface area contributed by atoms with Crippen molar-refractivity contribution in [1.29, 1.82) is 0 Å². The Balaban J connectivity index is 2.43. The Morgan fingerprint density at radius 3 is 2.40 bits per heavy atom. The predicted octanol–water partition coefficient (Wildman–Crippen LogP) is 3.46. The van der Waals surface area contributed by atoms with Crippen LogP contribution in [0.4, 0.5) is 5.69 Å². The van der Waals surface area contributed by atoms with Crippen LogP contribution in [0.2, 0.25) is 0 Å². The van der Waals surface area contributed by atoms with Crippen LogP contribution < -0.4 is 5.73 Å². The minimum absolute atomic E-state index is 0.0428. The molecule has 0 radical (unpaired) electrons. The van der Waals surface area contributed by atoms with Crippen LogP contribution in [-0.2, 0) is 0 Å². The highest BCUT2D eigenvalue weighted by molar-refractivity contribution is 6.04. The molecular formula is C17H20N2O. The Morgan fingerprint density at radius 1 is 1.25 bits per heavy atom. The third kappa shape index (κ3) is 2.82. The molecule has 0 saturated carbocycles. The zero-order valence-electron chi connectivity index (χ0n) is 12.0. The van der Waals surface area contributed by atoms with Gasteiger partial charge in [-0.3, -0.25) is 4.79 Å². The number of nitrogens with zero attached hydrogens (tertiary/aromatic N) is 1. The maximum atomic E-state index is 12.6. The largest absolute Gasteiger partial charge is 0.398 e. The molecule has 3 nitrogen and oxygen atoms in total. The second-order valence-electron chi connectivity index (χ2n) is 5.06. The molecule has 1 amide bonds. The number of amides is 1. The van der Waals surface area contributed by atoms with Crippen LogP contribution in [0, 0.1) is 0 Å². The molecule has 0 saturated heterocycles. The topological polar surface area (TPSA) is 46.3 Å². The van der Waals surface area contributed by atoms with Crippen molar-refractivity contribution in [2.75, 3.05) is 18.8 Å². The number of likely N-dealkylation sites (N-methyl/N-ethyl adjacent to an activating group) is 1. The lowest BCUT2D eigenvalue weighted by Crippen LogP contribution is -2.32. The Bertz CT molecular complexity index is 661. The van der Waals surface area contributed by atoms with Gasteiger partial charge < -0.3 is 10.6 Å². The standard InChI is InChI=1S/C17H20N2O/c1-4-19(11-12(2)3)17(20)15-9-13-7-5-6-8-14(13)10-16(15)18/h5-10H,2,4,11,18H2,1,3H3. The molecule has 0 spiro atoms. The van der Waals surface area contributed by atoms with Crippen LogP contribution in [0.1, 0.15) is 24.2 Å². The van der Waals surface area contributed by atoms with Gasteiger partial charge in [0.1, 0.15) is 0 Å². The monoisotopic (exact) mass is 268 g/mol. The second kappa shape index (κ2) is 5.78. The number of rotatable bonds is 4. The van der Waals surface area contributed by atoms with Gasteiger partial charge in [0.25, 0.3) is 5.91 Å². The summed E-state index contributed by atoms with van der Waals surface area (Å²) in [7, 11) is 0. The van der Waals surface area contributed by atoms with Gasteiger partial charge in [0.2, 0.25) is 0 Å². The summed E-state index contributed by atoms with van der Waals surface area (Å²) in [6.45, 7) is 8.93. The van der Waals surface area contributed by atoms with Gasteiger partial charge >= 0.3 is 0 Å². The van der Waals surface area contributed by atoms with Crippen LogP contribution in [0.25, 0.3) is 10.8 Å². The molecule has 3 heteroatoms. The molecule has 2 N–H and O–H groups in total. The summed E-state index contributed by atoms with van der Waals surface area (Å²) in [6, 6.07) is 11.6. The van der Waals surface area contributed by atoms with E-state index < -0.39 is 0 Å². The van der Waals surface area contributed by atoms with Crippen LogP contribution in [0.5, 0.6) is 0 Å². The Morgan fingerprint density at radius 2 is 1.85 bits per heavy atom. The van der Waals surface area contributed by atoms with Crippen LogP contribution in [-0.4, -0.2) is 23.9 Å². The quantitative estimate of drug-likeness (QED) is 0.682. The van der Waals surface area contributed by atoms with Crippen molar-refractivity contribution in [3.05, 3.63) is 54.1 Å². The van der Waals surface area contributed by atoms with E-state index in [2.05, 4.69) is 6.58 Å². The van der Waals surface area contributed by atoms with Crippen LogP contribution >= 0.6 is 0 Å². The molecule has 0 atom stereocenters. The fourth-order valence-electron chi connectivity index (χ4n) is 2.27. The number of carbonyl (C=O) groups is 1. The highest BCUT2D eigenvalue weighted by Gasteiger charge is 2.17. The fraction of sp³-hybridized carbons (Fsp3) is 0.235. The van der Waals surface area contributed by atoms with Crippen molar-refractivity contribution >= 4 is 22.4 Å². The molecule has 0 heterocycles. The molecule has 0 aliphatic heterocycles. The first-order chi connectivity index (χ1) is 9.52. The van der Waals surface area contributed by atoms with Gasteiger partial charge in [0.15, 0.2) is 0 Å². The zero-order chi connectivity index (χ0) is 14.7. The number of hydrogen-bond acceptors (Lipinski definition) is 2. The number of anilines is 1. The van der Waals surface area contributed by atoms with E-state index in [1.54, 1.807) is 4.90 Å². The van der Waals surface area contributed by atoms with Crippen molar-refractivity contribution in [2.24, 2.45) is 0 Å². The summed E-state index contributed by atoms with van der Waals surface area (Å²) in [5.74, 6) is -0.0428. The van der Waals surface area contributed by atoms with E-state index >= 15 is 0 Å². The summed E-state index contributed by atoms with van der Waals surface area (Å²) in [4.78, 5) is 14.3. The summed E-state index contributed by atoms with van der Waals surface area (Å²) >= 11 is 0. The van der Waals surface area contributed by atoms with E-state index in [1.165, 1.54) is 0 Å². The van der Waals surface area contributed by atoms with Crippen LogP contribution in [0.3, 0.4) is 0 Å². The van der Waals surface area contributed by atoms with E-state index in [0.29, 0.717) is 24.3 Å². The molecule has 2 rings (SSSR count). The van der Waals surface area contributed by atoms with Crippen LogP contribution in [0.15, 0.2) is 48.6 Å². The van der Waals surface area contributed by atoms with Crippen molar-refractivity contribution in [2.45, 2.75) is 13.8 Å². The number of nitrogens with two attached hydrogens (primary N) is 1. The third-order valence-corrected chi connectivity index (χ3v) is 3.28. The predicted molar refractivity (Wildman–Crippen MR) is 84.8 cm³/mol. The molecule has 20 heavy (non-hydrogen) atoms. The molecule has 0 bridgehead atoms. The Kier molecular flexibility index (Phi) is 4.08. The third-order valence-electron chi connectivity index (χ3n) is 3.28. The zero-order valence-corrected chi connectivity index (χ0v) is 12.0.